The SMILES string of the molecule is C=CCN(C)C(=O)[C@H]1[C@H]2C(=O)N(CCCCCO)C(C(=O)N(CC=C)CCN3CCOCC3)C23CC[C@]1(C)O3. The second kappa shape index (κ2) is 12.5. The van der Waals surface area contributed by atoms with E-state index in [2.05, 4.69) is 18.1 Å². The van der Waals surface area contributed by atoms with E-state index in [9.17, 15) is 19.5 Å². The lowest BCUT2D eigenvalue weighted by Crippen LogP contribution is -2.57. The molecule has 4 heterocycles. The van der Waals surface area contributed by atoms with Crippen LogP contribution in [0.4, 0.5) is 0 Å². The monoisotopic (exact) mass is 546 g/mol. The molecule has 4 aliphatic heterocycles. The van der Waals surface area contributed by atoms with E-state index >= 15 is 0 Å². The Morgan fingerprint density at radius 1 is 1.08 bits per heavy atom. The van der Waals surface area contributed by atoms with Crippen molar-refractivity contribution < 1.29 is 29.0 Å². The maximum absolute atomic E-state index is 14.4. The van der Waals surface area contributed by atoms with Crippen molar-refractivity contribution in [1.29, 1.82) is 0 Å². The molecule has 0 aromatic carbocycles. The number of morpholine rings is 1. The molecule has 1 spiro atoms. The third-order valence-corrected chi connectivity index (χ3v) is 9.06. The highest BCUT2D eigenvalue weighted by molar-refractivity contribution is 5.99. The molecule has 4 aliphatic rings. The Balaban J connectivity index is 1.64. The van der Waals surface area contributed by atoms with Gasteiger partial charge in [0.15, 0.2) is 0 Å². The lowest BCUT2D eigenvalue weighted by molar-refractivity contribution is -0.153. The first-order valence-corrected chi connectivity index (χ1v) is 14.4. The minimum Gasteiger partial charge on any atom is -0.396 e. The molecule has 2 bridgehead atoms. The third kappa shape index (κ3) is 5.53. The van der Waals surface area contributed by atoms with E-state index in [0.717, 1.165) is 19.5 Å². The Kier molecular flexibility index (Phi) is 9.52. The van der Waals surface area contributed by atoms with Crippen molar-refractivity contribution in [2.75, 3.05) is 72.7 Å². The molecule has 0 aliphatic carbocycles. The summed E-state index contributed by atoms with van der Waals surface area (Å²) in [7, 11) is 1.72. The number of carbonyl (C=O) groups is 3. The van der Waals surface area contributed by atoms with Crippen molar-refractivity contribution in [2.45, 2.75) is 56.3 Å². The first-order valence-electron chi connectivity index (χ1n) is 14.4. The molecule has 10 heteroatoms. The Bertz CT molecular complexity index is 939. The molecular weight excluding hydrogens is 500 g/mol. The number of amides is 3. The molecule has 1 N–H and O–H groups in total. The van der Waals surface area contributed by atoms with Crippen LogP contribution in [0.3, 0.4) is 0 Å². The summed E-state index contributed by atoms with van der Waals surface area (Å²) in [6.07, 6.45) is 6.62. The van der Waals surface area contributed by atoms with Crippen LogP contribution in [0.2, 0.25) is 0 Å². The first-order chi connectivity index (χ1) is 18.7. The van der Waals surface area contributed by atoms with Gasteiger partial charge in [-0.25, -0.2) is 0 Å². The van der Waals surface area contributed by atoms with Crippen molar-refractivity contribution in [2.24, 2.45) is 11.8 Å². The van der Waals surface area contributed by atoms with Crippen LogP contribution in [-0.4, -0.2) is 132 Å². The summed E-state index contributed by atoms with van der Waals surface area (Å²) in [5, 5.41) is 9.25. The van der Waals surface area contributed by atoms with Gasteiger partial charge in [-0.15, -0.1) is 13.2 Å². The normalized spacial score (nSPS) is 31.8. The van der Waals surface area contributed by atoms with E-state index < -0.39 is 29.1 Å². The maximum atomic E-state index is 14.4. The number of aliphatic hydroxyl groups is 1. The number of rotatable bonds is 14. The van der Waals surface area contributed by atoms with E-state index in [1.165, 1.54) is 0 Å². The van der Waals surface area contributed by atoms with E-state index in [1.54, 1.807) is 33.9 Å². The number of hydrogen-bond donors (Lipinski definition) is 1. The zero-order valence-electron chi connectivity index (χ0n) is 23.7. The van der Waals surface area contributed by atoms with Gasteiger partial charge in [-0.3, -0.25) is 19.3 Å². The molecule has 4 rings (SSSR count). The van der Waals surface area contributed by atoms with Crippen LogP contribution in [0.1, 0.15) is 39.0 Å². The predicted molar refractivity (Wildman–Crippen MR) is 147 cm³/mol. The van der Waals surface area contributed by atoms with E-state index in [0.29, 0.717) is 71.6 Å². The molecule has 5 atom stereocenters. The molecule has 218 valence electrons. The topological polar surface area (TPSA) is 103 Å². The quantitative estimate of drug-likeness (QED) is 0.255. The number of likely N-dealkylation sites (N-methyl/N-ethyl adjacent to an activating group) is 1. The molecule has 0 aromatic rings. The fraction of sp³-hybridized carbons (Fsp3) is 0.759. The molecular formula is C29H46N4O6. The van der Waals surface area contributed by atoms with Gasteiger partial charge in [0.2, 0.25) is 17.7 Å². The molecule has 4 fully saturated rings. The number of carbonyl (C=O) groups excluding carboxylic acids is 3. The zero-order valence-corrected chi connectivity index (χ0v) is 23.7. The summed E-state index contributed by atoms with van der Waals surface area (Å²) in [6.45, 7) is 15.0. The molecule has 3 amide bonds. The molecule has 4 saturated heterocycles. The Hall–Kier alpha value is -2.27. The van der Waals surface area contributed by atoms with Crippen LogP contribution in [-0.2, 0) is 23.9 Å². The largest absolute Gasteiger partial charge is 0.396 e. The highest BCUT2D eigenvalue weighted by atomic mass is 16.5. The minimum absolute atomic E-state index is 0.0885. The van der Waals surface area contributed by atoms with E-state index in [1.807, 2.05) is 6.92 Å². The van der Waals surface area contributed by atoms with Crippen LogP contribution >= 0.6 is 0 Å². The fourth-order valence-electron chi connectivity index (χ4n) is 7.12. The smallest absolute Gasteiger partial charge is 0.248 e. The number of fused-ring (bicyclic) bond motifs is 1. The minimum atomic E-state index is -1.03. The average molecular weight is 547 g/mol. The lowest BCUT2D eigenvalue weighted by atomic mass is 9.66. The Labute approximate surface area is 232 Å². The van der Waals surface area contributed by atoms with Crippen LogP contribution in [0.5, 0.6) is 0 Å². The van der Waals surface area contributed by atoms with Gasteiger partial charge in [-0.2, -0.15) is 0 Å². The Morgan fingerprint density at radius 3 is 2.46 bits per heavy atom. The number of aliphatic hydroxyl groups excluding tert-OH is 1. The van der Waals surface area contributed by atoms with Crippen LogP contribution in [0.15, 0.2) is 25.3 Å². The van der Waals surface area contributed by atoms with Gasteiger partial charge in [-0.1, -0.05) is 12.2 Å². The second-order valence-corrected chi connectivity index (χ2v) is 11.6. The fourth-order valence-corrected chi connectivity index (χ4v) is 7.12. The van der Waals surface area contributed by atoms with Crippen LogP contribution in [0.25, 0.3) is 0 Å². The highest BCUT2D eigenvalue weighted by Gasteiger charge is 2.78. The summed E-state index contributed by atoms with van der Waals surface area (Å²) in [5.41, 5.74) is -1.83. The van der Waals surface area contributed by atoms with Crippen molar-refractivity contribution in [3.05, 3.63) is 25.3 Å². The van der Waals surface area contributed by atoms with Crippen molar-refractivity contribution in [3.8, 4) is 0 Å². The van der Waals surface area contributed by atoms with Crippen molar-refractivity contribution >= 4 is 17.7 Å². The summed E-state index contributed by atoms with van der Waals surface area (Å²) in [6, 6.07) is -0.793. The average Bonchev–Trinajstić information content (AvgIpc) is 3.49. The van der Waals surface area contributed by atoms with Gasteiger partial charge in [0.05, 0.1) is 30.7 Å². The van der Waals surface area contributed by atoms with E-state index in [-0.39, 0.29) is 24.3 Å². The maximum Gasteiger partial charge on any atom is 0.248 e. The van der Waals surface area contributed by atoms with Gasteiger partial charge in [0, 0.05) is 59.5 Å². The van der Waals surface area contributed by atoms with Crippen LogP contribution < -0.4 is 0 Å². The van der Waals surface area contributed by atoms with Gasteiger partial charge in [-0.05, 0) is 39.0 Å². The molecule has 39 heavy (non-hydrogen) atoms. The summed E-state index contributed by atoms with van der Waals surface area (Å²) in [4.78, 5) is 49.6. The van der Waals surface area contributed by atoms with Gasteiger partial charge in [0.1, 0.15) is 11.6 Å². The molecule has 0 saturated carbocycles. The zero-order chi connectivity index (χ0) is 28.2. The van der Waals surface area contributed by atoms with Crippen LogP contribution in [0, 0.1) is 11.8 Å². The molecule has 10 nitrogen and oxygen atoms in total. The first kappa shape index (κ1) is 29.7. The number of unbranched alkanes of at least 4 members (excludes halogenated alkanes) is 2. The van der Waals surface area contributed by atoms with E-state index in [4.69, 9.17) is 9.47 Å². The number of likely N-dealkylation sites (tertiary alicyclic amines) is 1. The summed E-state index contributed by atoms with van der Waals surface area (Å²) >= 11 is 0. The molecule has 0 radical (unpaired) electrons. The predicted octanol–water partition coefficient (Wildman–Crippen LogP) is 0.905. The van der Waals surface area contributed by atoms with Gasteiger partial charge >= 0.3 is 0 Å². The summed E-state index contributed by atoms with van der Waals surface area (Å²) < 4.78 is 12.2. The number of ether oxygens (including phenoxy) is 2. The van der Waals surface area contributed by atoms with Gasteiger partial charge < -0.3 is 29.3 Å². The van der Waals surface area contributed by atoms with Crippen molar-refractivity contribution in [1.82, 2.24) is 19.6 Å². The Morgan fingerprint density at radius 2 is 1.79 bits per heavy atom. The van der Waals surface area contributed by atoms with Gasteiger partial charge in [0.25, 0.3) is 0 Å². The van der Waals surface area contributed by atoms with Crippen molar-refractivity contribution in [3.63, 3.8) is 0 Å². The highest BCUT2D eigenvalue weighted by Crippen LogP contribution is 2.63. The lowest BCUT2D eigenvalue weighted by Gasteiger charge is -2.37. The standard InChI is InChI=1S/C29H46N4O6/c1-5-12-30(4)25(35)22-23-26(36)33(14-8-7-9-19-34)24(29(23)11-10-28(22,3)39-29)27(37)32(13-6-2)16-15-31-17-20-38-21-18-31/h5-6,22-24,34H,1-2,7-21H2,3-4H3/t22-,23+,24?,28+,29?/m1/s1. The molecule has 0 aromatic heterocycles. The number of hydrogen-bond acceptors (Lipinski definition) is 7. The second-order valence-electron chi connectivity index (χ2n) is 11.6. The summed E-state index contributed by atoms with van der Waals surface area (Å²) in [5.74, 6) is -1.80. The molecule has 2 unspecified atom stereocenters. The number of nitrogens with zero attached hydrogens (tertiary/aromatic N) is 4. The third-order valence-electron chi connectivity index (χ3n) is 9.06.